The molecule has 0 saturated carbocycles. The molecule has 6 heteroatoms. The lowest BCUT2D eigenvalue weighted by Gasteiger charge is -2.19. The molecule has 0 atom stereocenters. The molecule has 0 spiro atoms. The molecule has 3 nitrogen and oxygen atoms in total. The highest BCUT2D eigenvalue weighted by atomic mass is 35.5. The van der Waals surface area contributed by atoms with E-state index < -0.39 is 0 Å². The smallest absolute Gasteiger partial charge is 0.0107 e. The van der Waals surface area contributed by atoms with E-state index in [2.05, 4.69) is 10.2 Å². The molecule has 1 heterocycles. The van der Waals surface area contributed by atoms with Crippen LogP contribution in [-0.4, -0.2) is 44.2 Å². The number of nitrogens with two attached hydrogens (primary N) is 1. The highest BCUT2D eigenvalue weighted by molar-refractivity contribution is 5.86. The third kappa shape index (κ3) is 11.2. The van der Waals surface area contributed by atoms with E-state index >= 15 is 0 Å². The summed E-state index contributed by atoms with van der Waals surface area (Å²) in [5, 5.41) is 3.34. The van der Waals surface area contributed by atoms with Crippen molar-refractivity contribution in [3.63, 3.8) is 0 Å². The van der Waals surface area contributed by atoms with Gasteiger partial charge in [-0.2, -0.15) is 0 Å². The lowest BCUT2D eigenvalue weighted by atomic mass is 10.2. The summed E-state index contributed by atoms with van der Waals surface area (Å²) in [6.07, 6.45) is 5.62. The number of halogens is 3. The molecule has 0 aromatic heterocycles. The van der Waals surface area contributed by atoms with Gasteiger partial charge in [0.05, 0.1) is 0 Å². The highest BCUT2D eigenvalue weighted by Gasteiger charge is 2.07. The Balaban J connectivity index is -0.000000563. The Labute approximate surface area is 118 Å². The minimum Gasteiger partial charge on any atom is -0.329 e. The number of nitrogens with zero attached hydrogens (tertiary/aromatic N) is 1. The van der Waals surface area contributed by atoms with E-state index in [4.69, 9.17) is 5.73 Å². The van der Waals surface area contributed by atoms with Crippen molar-refractivity contribution < 1.29 is 0 Å². The molecule has 3 N–H and O–H groups in total. The van der Waals surface area contributed by atoms with Gasteiger partial charge >= 0.3 is 0 Å². The Morgan fingerprint density at radius 1 is 0.875 bits per heavy atom. The lowest BCUT2D eigenvalue weighted by molar-refractivity contribution is 0.285. The van der Waals surface area contributed by atoms with Gasteiger partial charge in [-0.3, -0.25) is 0 Å². The molecule has 102 valence electrons. The van der Waals surface area contributed by atoms with E-state index in [0.717, 1.165) is 19.6 Å². The Bertz CT molecular complexity index is 120. The van der Waals surface area contributed by atoms with E-state index in [1.807, 2.05) is 0 Å². The number of likely N-dealkylation sites (tertiary alicyclic amines) is 1. The molecule has 1 aliphatic rings. The summed E-state index contributed by atoms with van der Waals surface area (Å²) in [6, 6.07) is 0. The molecule has 0 amide bonds. The summed E-state index contributed by atoms with van der Waals surface area (Å²) >= 11 is 0. The first-order chi connectivity index (χ1) is 6.43. The van der Waals surface area contributed by atoms with Crippen LogP contribution in [0.3, 0.4) is 0 Å². The fourth-order valence-electron chi connectivity index (χ4n) is 1.82. The van der Waals surface area contributed by atoms with Crippen LogP contribution in [0.2, 0.25) is 0 Å². The zero-order chi connectivity index (χ0) is 9.36. The van der Waals surface area contributed by atoms with Crippen LogP contribution < -0.4 is 11.1 Å². The van der Waals surface area contributed by atoms with Gasteiger partial charge in [0.2, 0.25) is 0 Å². The van der Waals surface area contributed by atoms with Crippen LogP contribution in [0.1, 0.15) is 25.7 Å². The van der Waals surface area contributed by atoms with Crippen LogP contribution >= 0.6 is 37.2 Å². The van der Waals surface area contributed by atoms with Crippen molar-refractivity contribution in [2.24, 2.45) is 5.73 Å². The van der Waals surface area contributed by atoms with Crippen LogP contribution in [0.15, 0.2) is 0 Å². The molecule has 0 aromatic carbocycles. The van der Waals surface area contributed by atoms with Crippen molar-refractivity contribution in [3.05, 3.63) is 0 Å². The van der Waals surface area contributed by atoms with Gasteiger partial charge in [-0.05, 0) is 25.9 Å². The summed E-state index contributed by atoms with van der Waals surface area (Å²) in [4.78, 5) is 2.57. The molecule has 16 heavy (non-hydrogen) atoms. The first-order valence-electron chi connectivity index (χ1n) is 5.56. The molecule has 0 radical (unpaired) electrons. The van der Waals surface area contributed by atoms with E-state index in [-0.39, 0.29) is 37.2 Å². The minimum absolute atomic E-state index is 0. The summed E-state index contributed by atoms with van der Waals surface area (Å²) in [5.74, 6) is 0. The zero-order valence-corrected chi connectivity index (χ0v) is 12.3. The average Bonchev–Trinajstić information content (AvgIpc) is 2.41. The van der Waals surface area contributed by atoms with E-state index in [1.54, 1.807) is 0 Å². The molecule has 0 unspecified atom stereocenters. The van der Waals surface area contributed by atoms with Gasteiger partial charge in [0.1, 0.15) is 0 Å². The first kappa shape index (κ1) is 22.0. The van der Waals surface area contributed by atoms with Crippen LogP contribution in [-0.2, 0) is 0 Å². The van der Waals surface area contributed by atoms with Gasteiger partial charge in [0, 0.05) is 26.2 Å². The normalized spacial score (nSPS) is 16.3. The molecule has 0 bridgehead atoms. The second-order valence-electron chi connectivity index (χ2n) is 3.79. The average molecular weight is 295 g/mol. The lowest BCUT2D eigenvalue weighted by Crippen LogP contribution is -2.34. The first-order valence-corrected chi connectivity index (χ1v) is 5.56. The fourth-order valence-corrected chi connectivity index (χ4v) is 1.82. The molecule has 0 aromatic rings. The molecule has 1 saturated heterocycles. The summed E-state index contributed by atoms with van der Waals surface area (Å²) in [6.45, 7) is 6.58. The highest BCUT2D eigenvalue weighted by Crippen LogP contribution is 2.08. The standard InChI is InChI=1S/C10H23N3.3ClH/c11-5-6-12-7-10-13-8-3-1-2-4-9-13;;;/h12H,1-11H2;3*1H. The summed E-state index contributed by atoms with van der Waals surface area (Å²) in [5.41, 5.74) is 5.40. The van der Waals surface area contributed by atoms with Gasteiger partial charge in [-0.25, -0.2) is 0 Å². The van der Waals surface area contributed by atoms with Gasteiger partial charge in [0.25, 0.3) is 0 Å². The summed E-state index contributed by atoms with van der Waals surface area (Å²) in [7, 11) is 0. The van der Waals surface area contributed by atoms with Crippen LogP contribution in [0, 0.1) is 0 Å². The largest absolute Gasteiger partial charge is 0.329 e. The maximum atomic E-state index is 5.40. The van der Waals surface area contributed by atoms with Gasteiger partial charge < -0.3 is 16.0 Å². The molecular formula is C10H26Cl3N3. The molecule has 1 fully saturated rings. The van der Waals surface area contributed by atoms with Crippen LogP contribution in [0.5, 0.6) is 0 Å². The number of rotatable bonds is 5. The molecular weight excluding hydrogens is 268 g/mol. The SMILES string of the molecule is Cl.Cl.Cl.NCCNCCN1CCCCCC1. The monoisotopic (exact) mass is 293 g/mol. The zero-order valence-electron chi connectivity index (χ0n) is 9.82. The van der Waals surface area contributed by atoms with Crippen molar-refractivity contribution in [1.82, 2.24) is 10.2 Å². The molecule has 0 aliphatic carbocycles. The third-order valence-electron chi connectivity index (χ3n) is 2.62. The van der Waals surface area contributed by atoms with Crippen LogP contribution in [0.25, 0.3) is 0 Å². The second kappa shape index (κ2) is 15.8. The van der Waals surface area contributed by atoms with Crippen molar-refractivity contribution in [2.45, 2.75) is 25.7 Å². The predicted molar refractivity (Wildman–Crippen MR) is 78.6 cm³/mol. The molecule has 1 aliphatic heterocycles. The van der Waals surface area contributed by atoms with Gasteiger partial charge in [-0.15, -0.1) is 37.2 Å². The van der Waals surface area contributed by atoms with Crippen molar-refractivity contribution in [1.29, 1.82) is 0 Å². The maximum Gasteiger partial charge on any atom is 0.0107 e. The quantitative estimate of drug-likeness (QED) is 0.758. The van der Waals surface area contributed by atoms with Crippen molar-refractivity contribution in [2.75, 3.05) is 39.3 Å². The number of hydrogen-bond acceptors (Lipinski definition) is 3. The predicted octanol–water partition coefficient (Wildman–Crippen LogP) is 1.68. The molecule has 1 rings (SSSR count). The topological polar surface area (TPSA) is 41.3 Å². The third-order valence-corrected chi connectivity index (χ3v) is 2.62. The maximum absolute atomic E-state index is 5.40. The Morgan fingerprint density at radius 2 is 1.44 bits per heavy atom. The number of hydrogen-bond donors (Lipinski definition) is 2. The Kier molecular flexibility index (Phi) is 21.6. The van der Waals surface area contributed by atoms with Gasteiger partial charge in [0.15, 0.2) is 0 Å². The van der Waals surface area contributed by atoms with Crippen molar-refractivity contribution in [3.8, 4) is 0 Å². The van der Waals surface area contributed by atoms with Crippen LogP contribution in [0.4, 0.5) is 0 Å². The number of nitrogens with one attached hydrogen (secondary N) is 1. The van der Waals surface area contributed by atoms with E-state index in [9.17, 15) is 0 Å². The van der Waals surface area contributed by atoms with E-state index in [0.29, 0.717) is 0 Å². The second-order valence-corrected chi connectivity index (χ2v) is 3.79. The minimum atomic E-state index is 0. The Morgan fingerprint density at radius 3 is 1.94 bits per heavy atom. The fraction of sp³-hybridized carbons (Fsp3) is 1.00. The Hall–Kier alpha value is 0.750. The summed E-state index contributed by atoms with van der Waals surface area (Å²) < 4.78 is 0. The van der Waals surface area contributed by atoms with Crippen molar-refractivity contribution >= 4 is 37.2 Å². The van der Waals surface area contributed by atoms with Gasteiger partial charge in [-0.1, -0.05) is 12.8 Å². The van der Waals surface area contributed by atoms with E-state index in [1.165, 1.54) is 45.3 Å².